The fourth-order valence-corrected chi connectivity index (χ4v) is 0.643. The summed E-state index contributed by atoms with van der Waals surface area (Å²) in [7, 11) is 0. The third kappa shape index (κ3) is 1.44. The van der Waals surface area contributed by atoms with Gasteiger partial charge in [-0.1, -0.05) is 0 Å². The van der Waals surface area contributed by atoms with E-state index >= 15 is 0 Å². The number of aromatic nitrogens is 1. The van der Waals surface area contributed by atoms with Crippen LogP contribution in [0.25, 0.3) is 0 Å². The number of pyridine rings is 1. The molecular formula is C6H8N4O. The molecule has 0 saturated carbocycles. The molecule has 0 fully saturated rings. The second-order valence-corrected chi connectivity index (χ2v) is 1.85. The summed E-state index contributed by atoms with van der Waals surface area (Å²) in [5.74, 6) is 0.183. The molecule has 0 amide bonds. The highest BCUT2D eigenvalue weighted by Gasteiger charge is 2.04. The zero-order valence-corrected chi connectivity index (χ0v) is 5.81. The highest BCUT2D eigenvalue weighted by molar-refractivity contribution is 5.60. The Hall–Kier alpha value is -1.62. The van der Waals surface area contributed by atoms with Crippen LogP contribution >= 0.6 is 0 Å². The molecule has 0 aliphatic rings. The topological polar surface area (TPSA) is 74.7 Å². The second-order valence-electron chi connectivity index (χ2n) is 1.85. The first-order valence-corrected chi connectivity index (χ1v) is 2.92. The zero-order chi connectivity index (χ0) is 8.27. The molecule has 0 aliphatic carbocycles. The van der Waals surface area contributed by atoms with Crippen LogP contribution in [0.5, 0.6) is 0 Å². The minimum absolute atomic E-state index is 0.183. The van der Waals surface area contributed by atoms with Crippen molar-refractivity contribution >= 4 is 18.2 Å². The van der Waals surface area contributed by atoms with Crippen molar-refractivity contribution in [3.8, 4) is 0 Å². The number of anilines is 2. The Morgan fingerprint density at radius 2 is 2.45 bits per heavy atom. The van der Waals surface area contributed by atoms with Crippen LogP contribution in [0.1, 0.15) is 0 Å². The van der Waals surface area contributed by atoms with Crippen molar-refractivity contribution in [1.82, 2.24) is 4.98 Å². The Labute approximate surface area is 63.7 Å². The number of rotatable bonds is 2. The molecule has 58 valence electrons. The van der Waals surface area contributed by atoms with Gasteiger partial charge >= 0.3 is 0 Å². The van der Waals surface area contributed by atoms with Crippen LogP contribution in [0.3, 0.4) is 0 Å². The van der Waals surface area contributed by atoms with Gasteiger partial charge in [0.1, 0.15) is 0 Å². The average molecular weight is 152 g/mol. The maximum atomic E-state index is 8.97. The standard InChI is InChI=1S/C6H8N4O/c1-8-10(11)6-5(7)3-2-4-9-6/h2-4,11H,1,7H2. The molecule has 0 aromatic carbocycles. The first-order valence-electron chi connectivity index (χ1n) is 2.92. The van der Waals surface area contributed by atoms with Gasteiger partial charge in [0.2, 0.25) is 5.82 Å². The molecule has 0 bridgehead atoms. The molecule has 0 aliphatic heterocycles. The molecule has 1 rings (SSSR count). The van der Waals surface area contributed by atoms with E-state index in [2.05, 4.69) is 16.8 Å². The van der Waals surface area contributed by atoms with E-state index in [0.717, 1.165) is 0 Å². The van der Waals surface area contributed by atoms with Crippen LogP contribution in [-0.2, 0) is 0 Å². The number of nitrogens with zero attached hydrogens (tertiary/aromatic N) is 3. The van der Waals surface area contributed by atoms with Crippen LogP contribution in [0.15, 0.2) is 23.4 Å². The van der Waals surface area contributed by atoms with E-state index in [0.29, 0.717) is 10.9 Å². The van der Waals surface area contributed by atoms with Crippen LogP contribution in [0, 0.1) is 0 Å². The van der Waals surface area contributed by atoms with Crippen molar-refractivity contribution < 1.29 is 5.21 Å². The van der Waals surface area contributed by atoms with Crippen molar-refractivity contribution in [2.24, 2.45) is 5.10 Å². The highest BCUT2D eigenvalue weighted by Crippen LogP contribution is 2.16. The summed E-state index contributed by atoms with van der Waals surface area (Å²) < 4.78 is 0. The summed E-state index contributed by atoms with van der Waals surface area (Å²) in [6, 6.07) is 3.27. The molecular weight excluding hydrogens is 144 g/mol. The van der Waals surface area contributed by atoms with Gasteiger partial charge in [0.15, 0.2) is 0 Å². The lowest BCUT2D eigenvalue weighted by Gasteiger charge is -2.09. The van der Waals surface area contributed by atoms with E-state index in [1.165, 1.54) is 6.20 Å². The van der Waals surface area contributed by atoms with Crippen molar-refractivity contribution in [2.75, 3.05) is 10.9 Å². The molecule has 0 spiro atoms. The van der Waals surface area contributed by atoms with E-state index in [1.807, 2.05) is 0 Å². The highest BCUT2D eigenvalue weighted by atomic mass is 16.5. The van der Waals surface area contributed by atoms with Gasteiger partial charge < -0.3 is 5.73 Å². The molecule has 1 heterocycles. The van der Waals surface area contributed by atoms with E-state index < -0.39 is 0 Å². The quantitative estimate of drug-likeness (QED) is 0.477. The van der Waals surface area contributed by atoms with Gasteiger partial charge in [0.25, 0.3) is 0 Å². The predicted octanol–water partition coefficient (Wildman–Crippen LogP) is 0.475. The molecule has 0 saturated heterocycles. The summed E-state index contributed by atoms with van der Waals surface area (Å²) in [5.41, 5.74) is 5.79. The molecule has 5 nitrogen and oxygen atoms in total. The smallest absolute Gasteiger partial charge is 0.201 e. The monoisotopic (exact) mass is 152 g/mol. The Morgan fingerprint density at radius 1 is 1.73 bits per heavy atom. The van der Waals surface area contributed by atoms with Crippen LogP contribution in [-0.4, -0.2) is 16.9 Å². The van der Waals surface area contributed by atoms with Crippen LogP contribution in [0.2, 0.25) is 0 Å². The maximum absolute atomic E-state index is 8.97. The summed E-state index contributed by atoms with van der Waals surface area (Å²) in [6.45, 7) is 3.11. The first-order chi connectivity index (χ1) is 5.25. The Bertz CT molecular complexity index is 263. The number of hydrogen-bond acceptors (Lipinski definition) is 5. The van der Waals surface area contributed by atoms with Gasteiger partial charge in [-0.3, -0.25) is 5.21 Å². The lowest BCUT2D eigenvalue weighted by Crippen LogP contribution is -2.12. The van der Waals surface area contributed by atoms with Crippen molar-refractivity contribution in [2.45, 2.75) is 0 Å². The van der Waals surface area contributed by atoms with Gasteiger partial charge in [-0.2, -0.15) is 5.10 Å². The Balaban J connectivity index is 3.02. The van der Waals surface area contributed by atoms with Gasteiger partial charge in [0.05, 0.1) is 5.69 Å². The Morgan fingerprint density at radius 3 is 3.00 bits per heavy atom. The van der Waals surface area contributed by atoms with Crippen LogP contribution < -0.4 is 10.9 Å². The molecule has 1 aromatic rings. The molecule has 0 unspecified atom stereocenters. The minimum atomic E-state index is 0.183. The lowest BCUT2D eigenvalue weighted by molar-refractivity contribution is 0.258. The Kier molecular flexibility index (Phi) is 2.03. The third-order valence-electron chi connectivity index (χ3n) is 1.14. The number of hydrazone groups is 1. The SMILES string of the molecule is C=NN(O)c1ncccc1N. The second kappa shape index (κ2) is 2.98. The van der Waals surface area contributed by atoms with E-state index in [4.69, 9.17) is 10.9 Å². The minimum Gasteiger partial charge on any atom is -0.396 e. The van der Waals surface area contributed by atoms with Gasteiger partial charge in [-0.15, -0.1) is 5.17 Å². The summed E-state index contributed by atoms with van der Waals surface area (Å²) in [4.78, 5) is 3.77. The summed E-state index contributed by atoms with van der Waals surface area (Å²) in [5, 5.41) is 12.7. The predicted molar refractivity (Wildman–Crippen MR) is 42.5 cm³/mol. The number of hydrogen-bond donors (Lipinski definition) is 2. The zero-order valence-electron chi connectivity index (χ0n) is 5.81. The normalized spacial score (nSPS) is 9.18. The van der Waals surface area contributed by atoms with E-state index in [9.17, 15) is 0 Å². The lowest BCUT2D eigenvalue weighted by atomic mass is 10.4. The number of nitrogen functional groups attached to an aromatic ring is 1. The fraction of sp³-hybridized carbons (Fsp3) is 0. The van der Waals surface area contributed by atoms with Crippen molar-refractivity contribution in [3.63, 3.8) is 0 Å². The molecule has 3 N–H and O–H groups in total. The van der Waals surface area contributed by atoms with Gasteiger partial charge in [-0.25, -0.2) is 4.98 Å². The molecule has 0 atom stereocenters. The largest absolute Gasteiger partial charge is 0.396 e. The first kappa shape index (κ1) is 7.49. The average Bonchev–Trinajstić information content (AvgIpc) is 2.04. The fourth-order valence-electron chi connectivity index (χ4n) is 0.643. The van der Waals surface area contributed by atoms with Crippen molar-refractivity contribution in [1.29, 1.82) is 0 Å². The van der Waals surface area contributed by atoms with E-state index in [-0.39, 0.29) is 5.82 Å². The third-order valence-corrected chi connectivity index (χ3v) is 1.14. The summed E-state index contributed by atoms with van der Waals surface area (Å²) >= 11 is 0. The van der Waals surface area contributed by atoms with Gasteiger partial charge in [0, 0.05) is 12.9 Å². The molecule has 11 heavy (non-hydrogen) atoms. The van der Waals surface area contributed by atoms with Gasteiger partial charge in [-0.05, 0) is 12.1 Å². The number of nitrogens with two attached hydrogens (primary N) is 1. The molecule has 5 heteroatoms. The van der Waals surface area contributed by atoms with Crippen molar-refractivity contribution in [3.05, 3.63) is 18.3 Å². The maximum Gasteiger partial charge on any atom is 0.201 e. The molecule has 1 aromatic heterocycles. The summed E-state index contributed by atoms with van der Waals surface area (Å²) in [6.07, 6.45) is 1.50. The van der Waals surface area contributed by atoms with E-state index in [1.54, 1.807) is 12.1 Å². The van der Waals surface area contributed by atoms with Crippen LogP contribution in [0.4, 0.5) is 11.5 Å². The molecule has 0 radical (unpaired) electrons.